The molecule has 3 aromatic rings. The lowest BCUT2D eigenvalue weighted by molar-refractivity contribution is 0.105. The summed E-state index contributed by atoms with van der Waals surface area (Å²) in [6.07, 6.45) is 0.654. The lowest BCUT2D eigenvalue weighted by atomic mass is 10.1. The smallest absolute Gasteiger partial charge is 0.223 e. The molecule has 0 aliphatic carbocycles. The normalized spacial score (nSPS) is 12.2. The first-order valence-electron chi connectivity index (χ1n) is 7.60. The minimum atomic E-state index is -0.894. The Labute approximate surface area is 143 Å². The molecule has 0 fully saturated rings. The molecule has 130 valence electrons. The van der Waals surface area contributed by atoms with Gasteiger partial charge < -0.3 is 15.5 Å². The van der Waals surface area contributed by atoms with Crippen molar-refractivity contribution in [1.29, 1.82) is 0 Å². The van der Waals surface area contributed by atoms with Gasteiger partial charge in [-0.05, 0) is 29.5 Å². The highest BCUT2D eigenvalue weighted by molar-refractivity contribution is 5.67. The van der Waals surface area contributed by atoms with Crippen LogP contribution in [0.25, 0.3) is 22.6 Å². The molecule has 0 radical (unpaired) electrons. The van der Waals surface area contributed by atoms with Crippen LogP contribution in [0.15, 0.2) is 36.5 Å². The van der Waals surface area contributed by atoms with E-state index in [1.165, 1.54) is 10.9 Å². The highest BCUT2D eigenvalue weighted by Gasteiger charge is 2.10. The Morgan fingerprint density at radius 1 is 1.28 bits per heavy atom. The number of halogens is 1. The average Bonchev–Trinajstić information content (AvgIpc) is 3.06. The molecule has 0 saturated heterocycles. The number of aliphatic hydroxyl groups excluding tert-OH is 2. The van der Waals surface area contributed by atoms with Crippen molar-refractivity contribution in [2.24, 2.45) is 7.05 Å². The van der Waals surface area contributed by atoms with Gasteiger partial charge in [0.25, 0.3) is 0 Å². The Morgan fingerprint density at radius 2 is 2.12 bits per heavy atom. The number of aliphatic hydroxyl groups is 2. The maximum atomic E-state index is 14.4. The zero-order valence-corrected chi connectivity index (χ0v) is 13.5. The summed E-state index contributed by atoms with van der Waals surface area (Å²) in [5, 5.41) is 32.6. The molecule has 3 rings (SSSR count). The minimum Gasteiger partial charge on any atom is -0.394 e. The van der Waals surface area contributed by atoms with Crippen molar-refractivity contribution in [2.75, 3.05) is 18.5 Å². The molecular weight excluding hydrogens is 327 g/mol. The molecule has 1 aromatic carbocycles. The fraction of sp³-hybridized carbons (Fsp3) is 0.250. The fourth-order valence-corrected chi connectivity index (χ4v) is 2.23. The van der Waals surface area contributed by atoms with Crippen LogP contribution in [0.5, 0.6) is 0 Å². The van der Waals surface area contributed by atoms with Gasteiger partial charge in [-0.1, -0.05) is 6.07 Å². The summed E-state index contributed by atoms with van der Waals surface area (Å²) in [6, 6.07) is 8.09. The average molecular weight is 344 g/mol. The van der Waals surface area contributed by atoms with Crippen molar-refractivity contribution in [1.82, 2.24) is 25.2 Å². The number of anilines is 1. The molecule has 0 spiro atoms. The van der Waals surface area contributed by atoms with Crippen molar-refractivity contribution >= 4 is 5.69 Å². The van der Waals surface area contributed by atoms with Crippen molar-refractivity contribution in [3.63, 3.8) is 0 Å². The molecule has 0 saturated carbocycles. The maximum Gasteiger partial charge on any atom is 0.223 e. The van der Waals surface area contributed by atoms with Crippen LogP contribution >= 0.6 is 0 Å². The van der Waals surface area contributed by atoms with Crippen LogP contribution in [0.4, 0.5) is 10.1 Å². The molecule has 3 N–H and O–H groups in total. The number of aryl methyl sites for hydroxylation is 1. The highest BCUT2D eigenvalue weighted by atomic mass is 19.1. The number of benzene rings is 1. The highest BCUT2D eigenvalue weighted by Crippen LogP contribution is 2.26. The van der Waals surface area contributed by atoms with Crippen LogP contribution in [-0.2, 0) is 7.05 Å². The lowest BCUT2D eigenvalue weighted by Crippen LogP contribution is -2.22. The number of tetrazole rings is 1. The summed E-state index contributed by atoms with van der Waals surface area (Å²) in [5.41, 5.74) is 2.09. The number of pyridine rings is 1. The second-order valence-corrected chi connectivity index (χ2v) is 5.45. The quantitative estimate of drug-likeness (QED) is 0.608. The second-order valence-electron chi connectivity index (χ2n) is 5.45. The third-order valence-corrected chi connectivity index (χ3v) is 3.53. The summed E-state index contributed by atoms with van der Waals surface area (Å²) in [4.78, 5) is 5.59. The zero-order chi connectivity index (χ0) is 17.8. The van der Waals surface area contributed by atoms with Crippen LogP contribution in [0, 0.1) is 5.82 Å². The first-order valence-corrected chi connectivity index (χ1v) is 7.60. The number of rotatable bonds is 6. The van der Waals surface area contributed by atoms with Crippen LogP contribution in [0.3, 0.4) is 0 Å². The van der Waals surface area contributed by atoms with Crippen LogP contribution in [-0.4, -0.2) is 54.7 Å². The van der Waals surface area contributed by atoms with Gasteiger partial charge in [0.05, 0.1) is 19.8 Å². The third-order valence-electron chi connectivity index (χ3n) is 3.53. The Kier molecular flexibility index (Phi) is 4.96. The number of nitrogens with zero attached hydrogens (tertiary/aromatic N) is 5. The molecule has 2 aromatic heterocycles. The van der Waals surface area contributed by atoms with Crippen molar-refractivity contribution in [3.8, 4) is 22.6 Å². The van der Waals surface area contributed by atoms with Gasteiger partial charge in [0, 0.05) is 29.6 Å². The van der Waals surface area contributed by atoms with E-state index in [1.807, 2.05) is 0 Å². The standard InChI is InChI=1S/C16H17FN6O2/c1-23-21-16(20-22-23)15-5-2-10(7-19-15)13-4-3-11(6-14(13)17)18-8-12(25)9-24/h2-7,12,18,24-25H,8-9H2,1H3/t12-/m1/s1. The summed E-state index contributed by atoms with van der Waals surface area (Å²) in [6.45, 7) is -0.219. The molecule has 0 aliphatic rings. The van der Waals surface area contributed by atoms with E-state index in [0.29, 0.717) is 28.3 Å². The van der Waals surface area contributed by atoms with E-state index in [9.17, 15) is 9.50 Å². The Bertz CT molecular complexity index is 852. The Balaban J connectivity index is 1.77. The van der Waals surface area contributed by atoms with Gasteiger partial charge >= 0.3 is 0 Å². The zero-order valence-electron chi connectivity index (χ0n) is 13.5. The molecule has 1 atom stereocenters. The molecule has 0 aliphatic heterocycles. The topological polar surface area (TPSA) is 109 Å². The van der Waals surface area contributed by atoms with E-state index in [4.69, 9.17) is 5.11 Å². The number of nitrogens with one attached hydrogen (secondary N) is 1. The van der Waals surface area contributed by atoms with E-state index < -0.39 is 11.9 Å². The Hall–Kier alpha value is -2.91. The molecule has 9 heteroatoms. The second kappa shape index (κ2) is 7.32. The lowest BCUT2D eigenvalue weighted by Gasteiger charge is -2.11. The minimum absolute atomic E-state index is 0.136. The van der Waals surface area contributed by atoms with Gasteiger partial charge in [-0.25, -0.2) is 4.39 Å². The largest absolute Gasteiger partial charge is 0.394 e. The fourth-order valence-electron chi connectivity index (χ4n) is 2.23. The van der Waals surface area contributed by atoms with E-state index >= 15 is 0 Å². The molecule has 8 nitrogen and oxygen atoms in total. The molecule has 0 unspecified atom stereocenters. The first-order chi connectivity index (χ1) is 12.1. The monoisotopic (exact) mass is 344 g/mol. The summed E-state index contributed by atoms with van der Waals surface area (Å²) in [5.74, 6) is -0.0211. The number of hydrogen-bond donors (Lipinski definition) is 3. The molecule has 0 amide bonds. The SMILES string of the molecule is Cn1nnc(-c2ccc(-c3ccc(NC[C@@H](O)CO)cc3F)cn2)n1. The van der Waals surface area contributed by atoms with Crippen LogP contribution in [0.2, 0.25) is 0 Å². The summed E-state index contributed by atoms with van der Waals surface area (Å²) in [7, 11) is 1.66. The predicted molar refractivity (Wildman–Crippen MR) is 89.0 cm³/mol. The number of hydrogen-bond acceptors (Lipinski definition) is 7. The number of aromatic nitrogens is 5. The summed E-state index contributed by atoms with van der Waals surface area (Å²) >= 11 is 0. The van der Waals surface area contributed by atoms with Gasteiger partial charge in [-0.2, -0.15) is 4.80 Å². The molecular formula is C16H17FN6O2. The van der Waals surface area contributed by atoms with Crippen LogP contribution < -0.4 is 5.32 Å². The molecule has 25 heavy (non-hydrogen) atoms. The van der Waals surface area contributed by atoms with Gasteiger partial charge in [-0.3, -0.25) is 4.98 Å². The van der Waals surface area contributed by atoms with E-state index in [-0.39, 0.29) is 13.2 Å². The van der Waals surface area contributed by atoms with E-state index in [0.717, 1.165) is 0 Å². The van der Waals surface area contributed by atoms with Crippen LogP contribution in [0.1, 0.15) is 0 Å². The third kappa shape index (κ3) is 3.95. The Morgan fingerprint density at radius 3 is 2.72 bits per heavy atom. The van der Waals surface area contributed by atoms with Crippen molar-refractivity contribution in [2.45, 2.75) is 6.10 Å². The van der Waals surface area contributed by atoms with E-state index in [1.54, 1.807) is 37.5 Å². The van der Waals surface area contributed by atoms with Crippen molar-refractivity contribution < 1.29 is 14.6 Å². The van der Waals surface area contributed by atoms with Gasteiger partial charge in [0.1, 0.15) is 11.5 Å². The molecule has 0 bridgehead atoms. The predicted octanol–water partition coefficient (Wildman–Crippen LogP) is 0.843. The maximum absolute atomic E-state index is 14.4. The summed E-state index contributed by atoms with van der Waals surface area (Å²) < 4.78 is 14.4. The first kappa shape index (κ1) is 16.9. The van der Waals surface area contributed by atoms with Gasteiger partial charge in [0.2, 0.25) is 5.82 Å². The van der Waals surface area contributed by atoms with Gasteiger partial charge in [0.15, 0.2) is 0 Å². The van der Waals surface area contributed by atoms with E-state index in [2.05, 4.69) is 25.7 Å². The molecule has 2 heterocycles. The van der Waals surface area contributed by atoms with Crippen molar-refractivity contribution in [3.05, 3.63) is 42.3 Å². The van der Waals surface area contributed by atoms with Gasteiger partial charge in [-0.15, -0.1) is 10.2 Å².